The number of rotatable bonds is 2. The van der Waals surface area contributed by atoms with E-state index in [-0.39, 0.29) is 5.88 Å². The molecule has 44 valence electrons. The molecule has 0 radical (unpaired) electrons. The molecule has 0 atom stereocenters. The first-order chi connectivity index (χ1) is 3.81. The maximum absolute atomic E-state index is 7.98. The van der Waals surface area contributed by atoms with Gasteiger partial charge in [-0.15, -0.1) is 0 Å². The third-order valence-electron chi connectivity index (χ3n) is 0.518. The standard InChI is InChI=1S/C5H8N2O/c1-2-8-5(7)3-4-6/h3H,2,7H2,1H3/b5-3+. The second-order valence-electron chi connectivity index (χ2n) is 1.11. The van der Waals surface area contributed by atoms with Crippen LogP contribution in [0, 0.1) is 11.3 Å². The largest absolute Gasteiger partial charge is 0.479 e. The molecule has 0 saturated heterocycles. The Kier molecular flexibility index (Phi) is 3.42. The number of ether oxygens (including phenoxy) is 1. The average molecular weight is 112 g/mol. The zero-order chi connectivity index (χ0) is 6.41. The number of nitriles is 1. The van der Waals surface area contributed by atoms with Gasteiger partial charge in [-0.3, -0.25) is 0 Å². The van der Waals surface area contributed by atoms with Crippen molar-refractivity contribution in [3.8, 4) is 6.07 Å². The molecule has 0 aliphatic rings. The molecular weight excluding hydrogens is 104 g/mol. The van der Waals surface area contributed by atoms with E-state index < -0.39 is 0 Å². The summed E-state index contributed by atoms with van der Waals surface area (Å²) >= 11 is 0. The minimum Gasteiger partial charge on any atom is -0.479 e. The van der Waals surface area contributed by atoms with Crippen LogP contribution >= 0.6 is 0 Å². The molecule has 0 aromatic carbocycles. The Bertz CT molecular complexity index is 123. The lowest BCUT2D eigenvalue weighted by atomic mass is 10.6. The third kappa shape index (κ3) is 3.04. The van der Waals surface area contributed by atoms with Gasteiger partial charge in [-0.05, 0) is 6.92 Å². The van der Waals surface area contributed by atoms with E-state index in [9.17, 15) is 0 Å². The molecule has 8 heavy (non-hydrogen) atoms. The fraction of sp³-hybridized carbons (Fsp3) is 0.400. The predicted octanol–water partition coefficient (Wildman–Crippen LogP) is 0.347. The van der Waals surface area contributed by atoms with E-state index in [1.54, 1.807) is 13.0 Å². The average Bonchev–Trinajstić information content (AvgIpc) is 1.68. The third-order valence-corrected chi connectivity index (χ3v) is 0.518. The van der Waals surface area contributed by atoms with Crippen LogP contribution in [0.4, 0.5) is 0 Å². The van der Waals surface area contributed by atoms with Crippen LogP contribution in [-0.4, -0.2) is 6.61 Å². The van der Waals surface area contributed by atoms with Crippen molar-refractivity contribution in [3.63, 3.8) is 0 Å². The Labute approximate surface area is 48.4 Å². The van der Waals surface area contributed by atoms with Gasteiger partial charge in [0.25, 0.3) is 0 Å². The van der Waals surface area contributed by atoms with Crippen LogP contribution in [0.25, 0.3) is 0 Å². The van der Waals surface area contributed by atoms with Crippen LogP contribution in [0.3, 0.4) is 0 Å². The van der Waals surface area contributed by atoms with Crippen LogP contribution in [0.15, 0.2) is 12.0 Å². The number of nitrogens with two attached hydrogens (primary N) is 1. The molecule has 2 N–H and O–H groups in total. The van der Waals surface area contributed by atoms with Gasteiger partial charge in [0, 0.05) is 0 Å². The molecule has 0 amide bonds. The number of nitrogens with zero attached hydrogens (tertiary/aromatic N) is 1. The Morgan fingerprint density at radius 3 is 3.00 bits per heavy atom. The highest BCUT2D eigenvalue weighted by atomic mass is 16.5. The lowest BCUT2D eigenvalue weighted by molar-refractivity contribution is 0.226. The Hall–Kier alpha value is -1.17. The van der Waals surface area contributed by atoms with Crippen molar-refractivity contribution in [1.82, 2.24) is 0 Å². The van der Waals surface area contributed by atoms with Crippen molar-refractivity contribution in [2.24, 2.45) is 5.73 Å². The molecule has 0 fully saturated rings. The van der Waals surface area contributed by atoms with E-state index in [4.69, 9.17) is 15.7 Å². The molecule has 0 rings (SSSR count). The van der Waals surface area contributed by atoms with Crippen LogP contribution in [0.5, 0.6) is 0 Å². The van der Waals surface area contributed by atoms with Crippen LogP contribution in [0.2, 0.25) is 0 Å². The van der Waals surface area contributed by atoms with Gasteiger partial charge in [-0.2, -0.15) is 5.26 Å². The zero-order valence-corrected chi connectivity index (χ0v) is 4.72. The zero-order valence-electron chi connectivity index (χ0n) is 4.72. The molecule has 0 saturated carbocycles. The van der Waals surface area contributed by atoms with Gasteiger partial charge in [-0.25, -0.2) is 0 Å². The first kappa shape index (κ1) is 6.83. The highest BCUT2D eigenvalue weighted by Crippen LogP contribution is 1.82. The Balaban J connectivity index is 3.49. The second kappa shape index (κ2) is 4.00. The van der Waals surface area contributed by atoms with Crippen molar-refractivity contribution < 1.29 is 4.74 Å². The van der Waals surface area contributed by atoms with E-state index >= 15 is 0 Å². The van der Waals surface area contributed by atoms with Gasteiger partial charge in [0.15, 0.2) is 5.88 Å². The topological polar surface area (TPSA) is 59.0 Å². The number of allylic oxidation sites excluding steroid dienone is 1. The summed E-state index contributed by atoms with van der Waals surface area (Å²) in [4.78, 5) is 0. The summed E-state index contributed by atoms with van der Waals surface area (Å²) in [6.07, 6.45) is 1.16. The molecule has 3 heteroatoms. The quantitative estimate of drug-likeness (QED) is 0.414. The fourth-order valence-corrected chi connectivity index (χ4v) is 0.272. The summed E-state index contributed by atoms with van der Waals surface area (Å²) in [6, 6.07) is 1.74. The Morgan fingerprint density at radius 2 is 2.62 bits per heavy atom. The summed E-state index contributed by atoms with van der Waals surface area (Å²) in [6.45, 7) is 2.31. The molecule has 0 aromatic heterocycles. The summed E-state index contributed by atoms with van der Waals surface area (Å²) < 4.78 is 4.70. The van der Waals surface area contributed by atoms with Crippen LogP contribution < -0.4 is 5.73 Å². The van der Waals surface area contributed by atoms with Crippen molar-refractivity contribution >= 4 is 0 Å². The lowest BCUT2D eigenvalue weighted by Gasteiger charge is -1.96. The van der Waals surface area contributed by atoms with Crippen molar-refractivity contribution in [1.29, 1.82) is 5.26 Å². The van der Waals surface area contributed by atoms with Crippen molar-refractivity contribution in [2.75, 3.05) is 6.61 Å². The van der Waals surface area contributed by atoms with Gasteiger partial charge in [0.2, 0.25) is 0 Å². The summed E-state index contributed by atoms with van der Waals surface area (Å²) in [7, 11) is 0. The number of hydrogen-bond acceptors (Lipinski definition) is 3. The molecule has 0 aliphatic heterocycles. The minimum absolute atomic E-state index is 0.176. The maximum Gasteiger partial charge on any atom is 0.194 e. The van der Waals surface area contributed by atoms with E-state index in [1.165, 1.54) is 0 Å². The highest BCUT2D eigenvalue weighted by Gasteiger charge is 1.81. The summed E-state index contributed by atoms with van der Waals surface area (Å²) in [5.41, 5.74) is 5.11. The fourth-order valence-electron chi connectivity index (χ4n) is 0.272. The second-order valence-corrected chi connectivity index (χ2v) is 1.11. The molecule has 0 bridgehead atoms. The first-order valence-electron chi connectivity index (χ1n) is 2.29. The molecule has 0 spiro atoms. The van der Waals surface area contributed by atoms with Gasteiger partial charge in [0.1, 0.15) is 0 Å². The van der Waals surface area contributed by atoms with Gasteiger partial charge < -0.3 is 10.5 Å². The predicted molar refractivity (Wildman–Crippen MR) is 29.5 cm³/mol. The van der Waals surface area contributed by atoms with Gasteiger partial charge >= 0.3 is 0 Å². The molecule has 0 heterocycles. The molecule has 0 unspecified atom stereocenters. The maximum atomic E-state index is 7.98. The summed E-state index contributed by atoms with van der Waals surface area (Å²) in [5, 5.41) is 7.98. The lowest BCUT2D eigenvalue weighted by Crippen LogP contribution is -2.01. The monoisotopic (exact) mass is 112 g/mol. The van der Waals surface area contributed by atoms with Gasteiger partial charge in [0.05, 0.1) is 18.8 Å². The molecule has 3 nitrogen and oxygen atoms in total. The van der Waals surface area contributed by atoms with E-state index in [2.05, 4.69) is 0 Å². The smallest absolute Gasteiger partial charge is 0.194 e. The van der Waals surface area contributed by atoms with E-state index in [1.807, 2.05) is 0 Å². The Morgan fingerprint density at radius 1 is 2.00 bits per heavy atom. The van der Waals surface area contributed by atoms with E-state index in [0.717, 1.165) is 6.08 Å². The van der Waals surface area contributed by atoms with Crippen molar-refractivity contribution in [3.05, 3.63) is 12.0 Å². The number of hydrogen-bond donors (Lipinski definition) is 1. The SMILES string of the molecule is CCO/C(N)=C/C#N. The molecular formula is C5H8N2O. The first-order valence-corrected chi connectivity index (χ1v) is 2.29. The minimum atomic E-state index is 0.176. The highest BCUT2D eigenvalue weighted by molar-refractivity contribution is 5.04. The van der Waals surface area contributed by atoms with Crippen LogP contribution in [0.1, 0.15) is 6.92 Å². The van der Waals surface area contributed by atoms with Crippen LogP contribution in [-0.2, 0) is 4.74 Å². The summed E-state index contributed by atoms with van der Waals surface area (Å²) in [5.74, 6) is 0.176. The molecule has 0 aromatic rings. The normalized spacial score (nSPS) is 10.2. The van der Waals surface area contributed by atoms with E-state index in [0.29, 0.717) is 6.61 Å². The van der Waals surface area contributed by atoms with Gasteiger partial charge in [-0.1, -0.05) is 0 Å². The molecule has 0 aliphatic carbocycles. The van der Waals surface area contributed by atoms with Crippen molar-refractivity contribution in [2.45, 2.75) is 6.92 Å².